The fourth-order valence-corrected chi connectivity index (χ4v) is 2.58. The van der Waals surface area contributed by atoms with Gasteiger partial charge in [-0.15, -0.1) is 0 Å². The van der Waals surface area contributed by atoms with E-state index in [2.05, 4.69) is 26.6 Å². The van der Waals surface area contributed by atoms with E-state index in [-0.39, 0.29) is 5.91 Å². The average Bonchev–Trinajstić information content (AvgIpc) is 2.78. The molecule has 3 nitrogen and oxygen atoms in total. The molecule has 0 aromatic heterocycles. The van der Waals surface area contributed by atoms with Crippen LogP contribution in [0.15, 0.2) is 22.7 Å². The van der Waals surface area contributed by atoms with Crippen molar-refractivity contribution < 1.29 is 4.79 Å². The number of aryl methyl sites for hydroxylation is 1. The molecule has 1 unspecified atom stereocenters. The fraction of sp³-hybridized carbons (Fsp3) is 0.462. The molecule has 4 heteroatoms. The number of nitrogens with one attached hydrogen (secondary N) is 2. The quantitative estimate of drug-likeness (QED) is 0.897. The molecule has 92 valence electrons. The van der Waals surface area contributed by atoms with Crippen LogP contribution in [0.5, 0.6) is 0 Å². The third-order valence-electron chi connectivity index (χ3n) is 3.15. The molecule has 0 saturated carbocycles. The van der Waals surface area contributed by atoms with Crippen LogP contribution in [-0.2, 0) is 0 Å². The fourth-order valence-electron chi connectivity index (χ4n) is 2.10. The van der Waals surface area contributed by atoms with Gasteiger partial charge >= 0.3 is 0 Å². The van der Waals surface area contributed by atoms with Crippen LogP contribution < -0.4 is 10.6 Å². The van der Waals surface area contributed by atoms with E-state index in [0.29, 0.717) is 5.92 Å². The Hall–Kier alpha value is -0.870. The summed E-state index contributed by atoms with van der Waals surface area (Å²) in [5, 5.41) is 6.30. The normalized spacial score (nSPS) is 19.3. The Labute approximate surface area is 110 Å². The molecular formula is C13H17BrN2O. The number of benzene rings is 1. The molecule has 1 amide bonds. The lowest BCUT2D eigenvalue weighted by atomic mass is 10.1. The molecule has 1 heterocycles. The van der Waals surface area contributed by atoms with E-state index in [1.54, 1.807) is 0 Å². The molecule has 1 fully saturated rings. The summed E-state index contributed by atoms with van der Waals surface area (Å²) in [6.45, 7) is 4.80. The molecule has 0 aliphatic carbocycles. The van der Waals surface area contributed by atoms with Crippen LogP contribution in [0.4, 0.5) is 0 Å². The highest BCUT2D eigenvalue weighted by Crippen LogP contribution is 2.16. The summed E-state index contributed by atoms with van der Waals surface area (Å²) in [5.74, 6) is 0.608. The van der Waals surface area contributed by atoms with Gasteiger partial charge in [0.05, 0.1) is 0 Å². The monoisotopic (exact) mass is 296 g/mol. The van der Waals surface area contributed by atoms with Gasteiger partial charge in [0.2, 0.25) is 0 Å². The third kappa shape index (κ3) is 3.30. The summed E-state index contributed by atoms with van der Waals surface area (Å²) in [4.78, 5) is 12.0. The van der Waals surface area contributed by atoms with Crippen molar-refractivity contribution in [2.24, 2.45) is 5.92 Å². The molecule has 2 rings (SSSR count). The van der Waals surface area contributed by atoms with Crippen LogP contribution in [0.3, 0.4) is 0 Å². The van der Waals surface area contributed by atoms with E-state index in [1.807, 2.05) is 25.1 Å². The van der Waals surface area contributed by atoms with E-state index in [9.17, 15) is 4.79 Å². The van der Waals surface area contributed by atoms with Crippen molar-refractivity contribution in [1.82, 2.24) is 10.6 Å². The van der Waals surface area contributed by atoms with Gasteiger partial charge in [-0.3, -0.25) is 4.79 Å². The van der Waals surface area contributed by atoms with E-state index in [0.717, 1.165) is 41.7 Å². The summed E-state index contributed by atoms with van der Waals surface area (Å²) >= 11 is 3.40. The van der Waals surface area contributed by atoms with Crippen molar-refractivity contribution in [3.05, 3.63) is 33.8 Å². The van der Waals surface area contributed by atoms with Crippen LogP contribution in [0.1, 0.15) is 22.3 Å². The second-order valence-corrected chi connectivity index (χ2v) is 5.44. The molecule has 0 radical (unpaired) electrons. The first-order chi connectivity index (χ1) is 8.16. The Morgan fingerprint density at radius 1 is 1.59 bits per heavy atom. The summed E-state index contributed by atoms with van der Waals surface area (Å²) in [5.41, 5.74) is 1.76. The third-order valence-corrected chi connectivity index (χ3v) is 3.64. The van der Waals surface area contributed by atoms with Crippen LogP contribution in [0.2, 0.25) is 0 Å². The average molecular weight is 297 g/mol. The molecule has 2 N–H and O–H groups in total. The number of hydrogen-bond acceptors (Lipinski definition) is 2. The van der Waals surface area contributed by atoms with Gasteiger partial charge in [-0.05, 0) is 56.1 Å². The topological polar surface area (TPSA) is 41.1 Å². The number of carbonyl (C=O) groups excluding carboxylic acids is 1. The summed E-state index contributed by atoms with van der Waals surface area (Å²) in [6.07, 6.45) is 1.15. The van der Waals surface area contributed by atoms with Crippen molar-refractivity contribution in [1.29, 1.82) is 0 Å². The van der Waals surface area contributed by atoms with E-state index in [1.165, 1.54) is 0 Å². The SMILES string of the molecule is Cc1cc(Br)ccc1C(=O)NCC1CCNC1. The lowest BCUT2D eigenvalue weighted by molar-refractivity contribution is 0.0947. The van der Waals surface area contributed by atoms with Gasteiger partial charge in [0.15, 0.2) is 0 Å². The van der Waals surface area contributed by atoms with Gasteiger partial charge in [0, 0.05) is 16.6 Å². The van der Waals surface area contributed by atoms with Gasteiger partial charge in [0.25, 0.3) is 5.91 Å². The molecule has 1 saturated heterocycles. The van der Waals surface area contributed by atoms with Gasteiger partial charge in [-0.2, -0.15) is 0 Å². The van der Waals surface area contributed by atoms with Gasteiger partial charge in [-0.25, -0.2) is 0 Å². The Morgan fingerprint density at radius 2 is 2.41 bits per heavy atom. The second-order valence-electron chi connectivity index (χ2n) is 4.53. The van der Waals surface area contributed by atoms with Crippen molar-refractivity contribution in [3.63, 3.8) is 0 Å². The number of amides is 1. The zero-order valence-electron chi connectivity index (χ0n) is 9.92. The molecular weight excluding hydrogens is 280 g/mol. The molecule has 1 atom stereocenters. The van der Waals surface area contributed by atoms with Crippen LogP contribution in [-0.4, -0.2) is 25.5 Å². The number of carbonyl (C=O) groups is 1. The van der Waals surface area contributed by atoms with Crippen molar-refractivity contribution in [2.45, 2.75) is 13.3 Å². The lowest BCUT2D eigenvalue weighted by Gasteiger charge is -2.11. The molecule has 0 bridgehead atoms. The van der Waals surface area contributed by atoms with E-state index in [4.69, 9.17) is 0 Å². The largest absolute Gasteiger partial charge is 0.352 e. The molecule has 1 aromatic carbocycles. The molecule has 0 spiro atoms. The number of rotatable bonds is 3. The summed E-state index contributed by atoms with van der Waals surface area (Å²) < 4.78 is 1.01. The number of halogens is 1. The van der Waals surface area contributed by atoms with E-state index < -0.39 is 0 Å². The summed E-state index contributed by atoms with van der Waals surface area (Å²) in [6, 6.07) is 5.73. The lowest BCUT2D eigenvalue weighted by Crippen LogP contribution is -2.30. The highest BCUT2D eigenvalue weighted by atomic mass is 79.9. The molecule has 1 aromatic rings. The minimum absolute atomic E-state index is 0.0295. The van der Waals surface area contributed by atoms with Gasteiger partial charge < -0.3 is 10.6 Å². The zero-order valence-corrected chi connectivity index (χ0v) is 11.5. The maximum Gasteiger partial charge on any atom is 0.251 e. The predicted octanol–water partition coefficient (Wildman–Crippen LogP) is 2.10. The Bertz CT molecular complexity index is 414. The highest BCUT2D eigenvalue weighted by Gasteiger charge is 2.16. The number of hydrogen-bond donors (Lipinski definition) is 2. The van der Waals surface area contributed by atoms with Crippen molar-refractivity contribution in [2.75, 3.05) is 19.6 Å². The van der Waals surface area contributed by atoms with E-state index >= 15 is 0 Å². The molecule has 17 heavy (non-hydrogen) atoms. The Balaban J connectivity index is 1.94. The maximum absolute atomic E-state index is 12.0. The first-order valence-electron chi connectivity index (χ1n) is 5.92. The van der Waals surface area contributed by atoms with Crippen molar-refractivity contribution >= 4 is 21.8 Å². The predicted molar refractivity (Wildman–Crippen MR) is 72.2 cm³/mol. The first-order valence-corrected chi connectivity index (χ1v) is 6.71. The first kappa shape index (κ1) is 12.6. The minimum Gasteiger partial charge on any atom is -0.352 e. The standard InChI is InChI=1S/C13H17BrN2O/c1-9-6-11(14)2-3-12(9)13(17)16-8-10-4-5-15-7-10/h2-3,6,10,15H,4-5,7-8H2,1H3,(H,16,17). The Kier molecular flexibility index (Phi) is 4.18. The Morgan fingerprint density at radius 3 is 3.06 bits per heavy atom. The van der Waals surface area contributed by atoms with Gasteiger partial charge in [-0.1, -0.05) is 15.9 Å². The molecule has 1 aliphatic rings. The zero-order chi connectivity index (χ0) is 12.3. The van der Waals surface area contributed by atoms with Crippen LogP contribution >= 0.6 is 15.9 Å². The maximum atomic E-state index is 12.0. The minimum atomic E-state index is 0.0295. The highest BCUT2D eigenvalue weighted by molar-refractivity contribution is 9.10. The van der Waals surface area contributed by atoms with Crippen LogP contribution in [0, 0.1) is 12.8 Å². The second kappa shape index (κ2) is 5.65. The molecule has 1 aliphatic heterocycles. The summed E-state index contributed by atoms with van der Waals surface area (Å²) in [7, 11) is 0. The smallest absolute Gasteiger partial charge is 0.251 e. The van der Waals surface area contributed by atoms with Crippen molar-refractivity contribution in [3.8, 4) is 0 Å². The van der Waals surface area contributed by atoms with Gasteiger partial charge in [0.1, 0.15) is 0 Å². The van der Waals surface area contributed by atoms with Crippen LogP contribution in [0.25, 0.3) is 0 Å².